The summed E-state index contributed by atoms with van der Waals surface area (Å²) in [6, 6.07) is 36.1. The minimum absolute atomic E-state index is 0.293. The molecule has 0 radical (unpaired) electrons. The molecule has 4 heteroatoms. The lowest BCUT2D eigenvalue weighted by molar-refractivity contribution is 0.306. The van der Waals surface area contributed by atoms with E-state index in [0.717, 1.165) is 33.8 Å². The smallest absolute Gasteiger partial charge is 0.199 e. The van der Waals surface area contributed by atoms with Gasteiger partial charge in [-0.15, -0.1) is 0 Å². The number of para-hydroxylation sites is 1. The van der Waals surface area contributed by atoms with E-state index in [1.807, 2.05) is 103 Å². The normalized spacial score (nSPS) is 10.4. The van der Waals surface area contributed by atoms with Crippen LogP contribution in [0.3, 0.4) is 0 Å². The van der Waals surface area contributed by atoms with Crippen molar-refractivity contribution >= 4 is 17.3 Å². The SMILES string of the molecule is CN(C(=N)Nc1ccccc1-c1ccccc1)c1ccc(OCc2ccccc2)cc1. The van der Waals surface area contributed by atoms with Crippen LogP contribution in [-0.2, 0) is 6.61 Å². The minimum atomic E-state index is 0.293. The van der Waals surface area contributed by atoms with E-state index < -0.39 is 0 Å². The predicted octanol–water partition coefficient (Wildman–Crippen LogP) is 6.42. The standard InChI is InChI=1S/C27H25N3O/c1-30(23-16-18-24(19-17-23)31-20-21-10-4-2-5-11-21)27(28)29-26-15-9-8-14-25(26)22-12-6-3-7-13-22/h2-19H,20H2,1H3,(H2,28,29). The second-order valence-corrected chi connectivity index (χ2v) is 7.21. The number of anilines is 2. The summed E-state index contributed by atoms with van der Waals surface area (Å²) in [6.45, 7) is 0.531. The number of benzene rings is 4. The van der Waals surface area contributed by atoms with Gasteiger partial charge in [-0.2, -0.15) is 0 Å². The zero-order valence-electron chi connectivity index (χ0n) is 17.5. The van der Waals surface area contributed by atoms with Crippen LogP contribution in [0.2, 0.25) is 0 Å². The highest BCUT2D eigenvalue weighted by molar-refractivity contribution is 6.05. The van der Waals surface area contributed by atoms with Gasteiger partial charge in [-0.3, -0.25) is 5.41 Å². The molecule has 0 aliphatic rings. The Morgan fingerprint density at radius 1 is 0.774 bits per heavy atom. The van der Waals surface area contributed by atoms with E-state index in [1.165, 1.54) is 0 Å². The van der Waals surface area contributed by atoms with Gasteiger partial charge in [0.25, 0.3) is 0 Å². The van der Waals surface area contributed by atoms with Crippen molar-refractivity contribution in [3.8, 4) is 16.9 Å². The van der Waals surface area contributed by atoms with Crippen LogP contribution in [0.4, 0.5) is 11.4 Å². The number of ether oxygens (including phenoxy) is 1. The Morgan fingerprint density at radius 3 is 2.10 bits per heavy atom. The number of hydrogen-bond acceptors (Lipinski definition) is 2. The quantitative estimate of drug-likeness (QED) is 0.287. The molecule has 2 N–H and O–H groups in total. The Bertz CT molecular complexity index is 1130. The zero-order valence-corrected chi connectivity index (χ0v) is 17.5. The van der Waals surface area contributed by atoms with Crippen molar-refractivity contribution in [2.24, 2.45) is 0 Å². The first-order valence-corrected chi connectivity index (χ1v) is 10.2. The van der Waals surface area contributed by atoms with Crippen LogP contribution in [0.25, 0.3) is 11.1 Å². The monoisotopic (exact) mass is 407 g/mol. The van der Waals surface area contributed by atoms with Crippen molar-refractivity contribution < 1.29 is 4.74 Å². The third kappa shape index (κ3) is 5.11. The number of guanidine groups is 1. The van der Waals surface area contributed by atoms with Crippen molar-refractivity contribution in [3.05, 3.63) is 115 Å². The Hall–Kier alpha value is -4.05. The fourth-order valence-electron chi connectivity index (χ4n) is 3.31. The van der Waals surface area contributed by atoms with Crippen molar-refractivity contribution in [2.45, 2.75) is 6.61 Å². The van der Waals surface area contributed by atoms with Crippen LogP contribution in [0, 0.1) is 5.41 Å². The molecule has 0 amide bonds. The molecule has 4 nitrogen and oxygen atoms in total. The summed E-state index contributed by atoms with van der Waals surface area (Å²) in [6.07, 6.45) is 0. The molecular weight excluding hydrogens is 382 g/mol. The van der Waals surface area contributed by atoms with Crippen molar-refractivity contribution in [1.82, 2.24) is 0 Å². The Kier molecular flexibility index (Phi) is 6.29. The second kappa shape index (κ2) is 9.63. The highest BCUT2D eigenvalue weighted by atomic mass is 16.5. The Balaban J connectivity index is 1.42. The summed E-state index contributed by atoms with van der Waals surface area (Å²) in [7, 11) is 1.88. The van der Waals surface area contributed by atoms with Crippen LogP contribution in [0.15, 0.2) is 109 Å². The van der Waals surface area contributed by atoms with Crippen molar-refractivity contribution in [2.75, 3.05) is 17.3 Å². The molecule has 0 unspecified atom stereocenters. The van der Waals surface area contributed by atoms with Gasteiger partial charge in [0.2, 0.25) is 0 Å². The van der Waals surface area contributed by atoms with Crippen LogP contribution < -0.4 is 15.0 Å². The van der Waals surface area contributed by atoms with E-state index >= 15 is 0 Å². The number of nitrogens with one attached hydrogen (secondary N) is 2. The van der Waals surface area contributed by atoms with E-state index in [0.29, 0.717) is 12.6 Å². The van der Waals surface area contributed by atoms with E-state index in [2.05, 4.69) is 23.5 Å². The van der Waals surface area contributed by atoms with E-state index in [1.54, 1.807) is 0 Å². The lowest BCUT2D eigenvalue weighted by Crippen LogP contribution is -2.32. The lowest BCUT2D eigenvalue weighted by atomic mass is 10.0. The molecule has 0 aliphatic heterocycles. The lowest BCUT2D eigenvalue weighted by Gasteiger charge is -2.22. The molecule has 4 rings (SSSR count). The van der Waals surface area contributed by atoms with E-state index in [-0.39, 0.29) is 0 Å². The van der Waals surface area contributed by atoms with Crippen LogP contribution >= 0.6 is 0 Å². The first-order valence-electron chi connectivity index (χ1n) is 10.2. The average molecular weight is 408 g/mol. The van der Waals surface area contributed by atoms with Gasteiger partial charge >= 0.3 is 0 Å². The summed E-state index contributed by atoms with van der Waals surface area (Å²) in [4.78, 5) is 1.81. The predicted molar refractivity (Wildman–Crippen MR) is 129 cm³/mol. The van der Waals surface area contributed by atoms with Crippen molar-refractivity contribution in [3.63, 3.8) is 0 Å². The van der Waals surface area contributed by atoms with Gasteiger partial charge < -0.3 is 15.0 Å². The summed E-state index contributed by atoms with van der Waals surface area (Å²) >= 11 is 0. The molecule has 0 aromatic heterocycles. The second-order valence-electron chi connectivity index (χ2n) is 7.21. The summed E-state index contributed by atoms with van der Waals surface area (Å²) < 4.78 is 5.86. The highest BCUT2D eigenvalue weighted by Crippen LogP contribution is 2.28. The molecule has 0 bridgehead atoms. The maximum absolute atomic E-state index is 8.56. The molecule has 0 fully saturated rings. The van der Waals surface area contributed by atoms with E-state index in [4.69, 9.17) is 10.1 Å². The number of hydrogen-bond donors (Lipinski definition) is 2. The van der Waals surface area contributed by atoms with Gasteiger partial charge in [0, 0.05) is 24.0 Å². The average Bonchev–Trinajstić information content (AvgIpc) is 2.84. The van der Waals surface area contributed by atoms with Gasteiger partial charge in [-0.1, -0.05) is 78.9 Å². The van der Waals surface area contributed by atoms with E-state index in [9.17, 15) is 0 Å². The third-order valence-corrected chi connectivity index (χ3v) is 5.07. The molecule has 31 heavy (non-hydrogen) atoms. The molecule has 0 spiro atoms. The maximum Gasteiger partial charge on any atom is 0.199 e. The minimum Gasteiger partial charge on any atom is -0.489 e. The fraction of sp³-hybridized carbons (Fsp3) is 0.0741. The molecular formula is C27H25N3O. The number of nitrogens with zero attached hydrogens (tertiary/aromatic N) is 1. The number of rotatable bonds is 6. The van der Waals surface area contributed by atoms with Gasteiger partial charge in [-0.05, 0) is 41.5 Å². The molecule has 4 aromatic rings. The molecule has 0 atom stereocenters. The first-order chi connectivity index (χ1) is 15.2. The molecule has 154 valence electrons. The summed E-state index contributed by atoms with van der Waals surface area (Å²) in [5.74, 6) is 1.09. The van der Waals surface area contributed by atoms with Gasteiger partial charge in [-0.25, -0.2) is 0 Å². The van der Waals surface area contributed by atoms with Crippen LogP contribution in [0.5, 0.6) is 5.75 Å². The third-order valence-electron chi connectivity index (χ3n) is 5.07. The molecule has 0 saturated carbocycles. The largest absolute Gasteiger partial charge is 0.489 e. The van der Waals surface area contributed by atoms with Crippen LogP contribution in [0.1, 0.15) is 5.56 Å². The molecule has 0 saturated heterocycles. The van der Waals surface area contributed by atoms with Crippen LogP contribution in [-0.4, -0.2) is 13.0 Å². The zero-order chi connectivity index (χ0) is 21.5. The van der Waals surface area contributed by atoms with Gasteiger partial charge in [0.05, 0.1) is 0 Å². The summed E-state index contributed by atoms with van der Waals surface area (Å²) in [5, 5.41) is 11.8. The van der Waals surface area contributed by atoms with Crippen molar-refractivity contribution in [1.29, 1.82) is 5.41 Å². The fourth-order valence-corrected chi connectivity index (χ4v) is 3.31. The highest BCUT2D eigenvalue weighted by Gasteiger charge is 2.11. The first kappa shape index (κ1) is 20.2. The Morgan fingerprint density at radius 2 is 1.39 bits per heavy atom. The maximum atomic E-state index is 8.56. The molecule has 0 heterocycles. The van der Waals surface area contributed by atoms with Gasteiger partial charge in [0.15, 0.2) is 5.96 Å². The summed E-state index contributed by atoms with van der Waals surface area (Å²) in [5.41, 5.74) is 5.11. The molecule has 0 aliphatic carbocycles. The van der Waals surface area contributed by atoms with Gasteiger partial charge in [0.1, 0.15) is 12.4 Å². The molecule has 4 aromatic carbocycles. The topological polar surface area (TPSA) is 48.4 Å². The Labute approximate surface area is 183 Å².